The number of amides is 1. The lowest BCUT2D eigenvalue weighted by atomic mass is 10.1. The molecule has 0 atom stereocenters. The van der Waals surface area contributed by atoms with E-state index in [0.717, 1.165) is 5.56 Å². The van der Waals surface area contributed by atoms with E-state index in [1.165, 1.54) is 12.0 Å². The van der Waals surface area contributed by atoms with Gasteiger partial charge in [-0.05, 0) is 25.1 Å². The molecule has 0 fully saturated rings. The van der Waals surface area contributed by atoms with E-state index in [0.29, 0.717) is 11.5 Å². The summed E-state index contributed by atoms with van der Waals surface area (Å²) in [5.74, 6) is -0.359. The van der Waals surface area contributed by atoms with Crippen LogP contribution in [0.15, 0.2) is 30.9 Å². The van der Waals surface area contributed by atoms with E-state index in [1.54, 1.807) is 38.3 Å². The molecular formula is C16H21NO5. The maximum Gasteiger partial charge on any atom is 0.397 e. The number of methoxy groups -OCH3 is 2. The van der Waals surface area contributed by atoms with Crippen molar-refractivity contribution in [2.45, 2.75) is 13.5 Å². The Labute approximate surface area is 130 Å². The first-order valence-electron chi connectivity index (χ1n) is 6.85. The number of hydrogen-bond donors (Lipinski definition) is 0. The Morgan fingerprint density at radius 1 is 1.27 bits per heavy atom. The molecule has 0 aromatic heterocycles. The number of rotatable bonds is 7. The number of carbonyl (C=O) groups excluding carboxylic acids is 2. The molecule has 1 aromatic carbocycles. The van der Waals surface area contributed by atoms with Gasteiger partial charge in [0.1, 0.15) is 11.5 Å². The summed E-state index contributed by atoms with van der Waals surface area (Å²) in [6, 6.07) is 5.26. The Morgan fingerprint density at radius 2 is 2.00 bits per heavy atom. The molecule has 1 aromatic rings. The van der Waals surface area contributed by atoms with Crippen LogP contribution in [0.25, 0.3) is 0 Å². The van der Waals surface area contributed by atoms with Crippen molar-refractivity contribution in [3.8, 4) is 11.5 Å². The van der Waals surface area contributed by atoms with E-state index >= 15 is 0 Å². The highest BCUT2D eigenvalue weighted by molar-refractivity contribution is 6.32. The molecule has 0 spiro atoms. The average Bonchev–Trinajstić information content (AvgIpc) is 2.53. The second-order valence-corrected chi connectivity index (χ2v) is 4.37. The average molecular weight is 307 g/mol. The van der Waals surface area contributed by atoms with Crippen LogP contribution in [0.2, 0.25) is 0 Å². The van der Waals surface area contributed by atoms with Crippen molar-refractivity contribution >= 4 is 11.9 Å². The Morgan fingerprint density at radius 3 is 2.55 bits per heavy atom. The number of ether oxygens (including phenoxy) is 3. The van der Waals surface area contributed by atoms with Crippen molar-refractivity contribution in [1.82, 2.24) is 4.90 Å². The molecule has 0 aliphatic rings. The van der Waals surface area contributed by atoms with Gasteiger partial charge in [-0.25, -0.2) is 4.79 Å². The van der Waals surface area contributed by atoms with Gasteiger partial charge in [0.25, 0.3) is 0 Å². The first kappa shape index (κ1) is 17.6. The summed E-state index contributed by atoms with van der Waals surface area (Å²) in [4.78, 5) is 25.1. The van der Waals surface area contributed by atoms with Crippen LogP contribution in [0, 0.1) is 0 Å². The third-order valence-electron chi connectivity index (χ3n) is 2.94. The van der Waals surface area contributed by atoms with Crippen LogP contribution in [0.3, 0.4) is 0 Å². The van der Waals surface area contributed by atoms with Crippen LogP contribution < -0.4 is 9.47 Å². The van der Waals surface area contributed by atoms with Gasteiger partial charge in [-0.2, -0.15) is 0 Å². The molecule has 0 heterocycles. The fourth-order valence-electron chi connectivity index (χ4n) is 1.91. The summed E-state index contributed by atoms with van der Waals surface area (Å²) in [6.07, 6.45) is 1.55. The number of nitrogens with zero attached hydrogens (tertiary/aromatic N) is 1. The molecule has 6 heteroatoms. The van der Waals surface area contributed by atoms with Crippen molar-refractivity contribution < 1.29 is 23.8 Å². The van der Waals surface area contributed by atoms with Crippen molar-refractivity contribution in [2.75, 3.05) is 27.4 Å². The van der Waals surface area contributed by atoms with Gasteiger partial charge in [-0.3, -0.25) is 4.79 Å². The SMILES string of the molecule is C=CCN(Cc1cc(OC)ccc1OC)C(=O)C(=O)OCC. The van der Waals surface area contributed by atoms with E-state index in [4.69, 9.17) is 14.2 Å². The van der Waals surface area contributed by atoms with Gasteiger partial charge in [0.05, 0.1) is 27.4 Å². The summed E-state index contributed by atoms with van der Waals surface area (Å²) < 4.78 is 15.2. The molecule has 0 aliphatic heterocycles. The van der Waals surface area contributed by atoms with Crippen molar-refractivity contribution in [1.29, 1.82) is 0 Å². The van der Waals surface area contributed by atoms with Gasteiger partial charge >= 0.3 is 11.9 Å². The Hall–Kier alpha value is -2.50. The van der Waals surface area contributed by atoms with E-state index in [-0.39, 0.29) is 19.7 Å². The van der Waals surface area contributed by atoms with Crippen LogP contribution in [-0.4, -0.2) is 44.1 Å². The molecule has 120 valence electrons. The first-order valence-corrected chi connectivity index (χ1v) is 6.85. The zero-order chi connectivity index (χ0) is 16.5. The molecule has 1 rings (SSSR count). The summed E-state index contributed by atoms with van der Waals surface area (Å²) in [5.41, 5.74) is 0.723. The molecule has 1 amide bonds. The van der Waals surface area contributed by atoms with Crippen LogP contribution >= 0.6 is 0 Å². The number of esters is 1. The van der Waals surface area contributed by atoms with Crippen LogP contribution in [0.4, 0.5) is 0 Å². The molecule has 0 unspecified atom stereocenters. The molecule has 0 saturated heterocycles. The quantitative estimate of drug-likeness (QED) is 0.436. The fourth-order valence-corrected chi connectivity index (χ4v) is 1.91. The summed E-state index contributed by atoms with van der Waals surface area (Å²) in [7, 11) is 3.09. The largest absolute Gasteiger partial charge is 0.497 e. The molecule has 0 saturated carbocycles. The highest BCUT2D eigenvalue weighted by Crippen LogP contribution is 2.25. The van der Waals surface area contributed by atoms with Gasteiger partial charge in [0.15, 0.2) is 0 Å². The molecule has 22 heavy (non-hydrogen) atoms. The Kier molecular flexibility index (Phi) is 6.95. The van der Waals surface area contributed by atoms with Gasteiger partial charge in [-0.1, -0.05) is 6.08 Å². The second-order valence-electron chi connectivity index (χ2n) is 4.37. The molecule has 6 nitrogen and oxygen atoms in total. The minimum absolute atomic E-state index is 0.148. The van der Waals surface area contributed by atoms with E-state index in [1.807, 2.05) is 0 Å². The molecule has 0 bridgehead atoms. The molecule has 0 aliphatic carbocycles. The van der Waals surface area contributed by atoms with Crippen LogP contribution in [-0.2, 0) is 20.9 Å². The van der Waals surface area contributed by atoms with E-state index in [9.17, 15) is 9.59 Å². The molecule has 0 radical (unpaired) electrons. The predicted octanol–water partition coefficient (Wildman–Crippen LogP) is 1.78. The lowest BCUT2D eigenvalue weighted by Crippen LogP contribution is -2.37. The maximum atomic E-state index is 12.1. The topological polar surface area (TPSA) is 65.1 Å². The highest BCUT2D eigenvalue weighted by atomic mass is 16.5. The van der Waals surface area contributed by atoms with Crippen LogP contribution in [0.1, 0.15) is 12.5 Å². The Bertz CT molecular complexity index is 541. The third kappa shape index (κ3) is 4.51. The predicted molar refractivity (Wildman–Crippen MR) is 81.8 cm³/mol. The lowest BCUT2D eigenvalue weighted by Gasteiger charge is -2.21. The van der Waals surface area contributed by atoms with E-state index < -0.39 is 11.9 Å². The minimum Gasteiger partial charge on any atom is -0.497 e. The summed E-state index contributed by atoms with van der Waals surface area (Å²) in [5, 5.41) is 0. The smallest absolute Gasteiger partial charge is 0.397 e. The third-order valence-corrected chi connectivity index (χ3v) is 2.94. The Balaban J connectivity index is 3.01. The monoisotopic (exact) mass is 307 g/mol. The standard InChI is InChI=1S/C16H21NO5/c1-5-9-17(15(18)16(19)22-6-2)11-12-10-13(20-3)7-8-14(12)21-4/h5,7-8,10H,1,6,9,11H2,2-4H3. The molecule has 0 N–H and O–H groups in total. The second kappa shape index (κ2) is 8.71. The lowest BCUT2D eigenvalue weighted by molar-refractivity contribution is -0.159. The van der Waals surface area contributed by atoms with Crippen molar-refractivity contribution in [3.05, 3.63) is 36.4 Å². The highest BCUT2D eigenvalue weighted by Gasteiger charge is 2.23. The van der Waals surface area contributed by atoms with E-state index in [2.05, 4.69) is 6.58 Å². The maximum absolute atomic E-state index is 12.1. The zero-order valence-corrected chi connectivity index (χ0v) is 13.1. The fraction of sp³-hybridized carbons (Fsp3) is 0.375. The number of hydrogen-bond acceptors (Lipinski definition) is 5. The normalized spacial score (nSPS) is 9.77. The van der Waals surface area contributed by atoms with Gasteiger partial charge in [-0.15, -0.1) is 6.58 Å². The summed E-state index contributed by atoms with van der Waals surface area (Å²) in [6.45, 7) is 5.80. The van der Waals surface area contributed by atoms with Gasteiger partial charge in [0, 0.05) is 12.1 Å². The van der Waals surface area contributed by atoms with Crippen molar-refractivity contribution in [2.24, 2.45) is 0 Å². The number of carbonyl (C=O) groups is 2. The van der Waals surface area contributed by atoms with Crippen LogP contribution in [0.5, 0.6) is 11.5 Å². The van der Waals surface area contributed by atoms with Gasteiger partial charge < -0.3 is 19.1 Å². The first-order chi connectivity index (χ1) is 10.6. The number of benzene rings is 1. The minimum atomic E-state index is -0.883. The zero-order valence-electron chi connectivity index (χ0n) is 13.1. The molecular weight excluding hydrogens is 286 g/mol. The van der Waals surface area contributed by atoms with Gasteiger partial charge in [0.2, 0.25) is 0 Å². The summed E-state index contributed by atoms with van der Waals surface area (Å²) >= 11 is 0. The van der Waals surface area contributed by atoms with Crippen molar-refractivity contribution in [3.63, 3.8) is 0 Å².